The van der Waals surface area contributed by atoms with E-state index in [-0.39, 0.29) is 0 Å². The smallest absolute Gasteiger partial charge is 0.450 e. The van der Waals surface area contributed by atoms with E-state index in [4.69, 9.17) is 10.2 Å². The van der Waals surface area contributed by atoms with Gasteiger partial charge in [-0.05, 0) is 25.7 Å². The molecule has 0 aromatic rings. The van der Waals surface area contributed by atoms with Crippen LogP contribution in [-0.4, -0.2) is 47.2 Å². The average Bonchev–Trinajstić information content (AvgIpc) is 2.46. The molecule has 8 heteroatoms. The van der Waals surface area contributed by atoms with E-state index < -0.39 is 12.3 Å². The Morgan fingerprint density at radius 2 is 1.00 bits per heavy atom. The highest BCUT2D eigenvalue weighted by Gasteiger charge is 1.98. The number of carbonyl (C=O) groups is 2. The van der Waals surface area contributed by atoms with E-state index in [2.05, 4.69) is 9.47 Å². The van der Waals surface area contributed by atoms with E-state index in [1.54, 1.807) is 0 Å². The van der Waals surface area contributed by atoms with Crippen LogP contribution >= 0.6 is 21.6 Å². The largest absolute Gasteiger partial charge is 0.505 e. The molecule has 0 atom stereocenters. The van der Waals surface area contributed by atoms with Gasteiger partial charge in [-0.3, -0.25) is 0 Å². The molecule has 0 spiro atoms. The third kappa shape index (κ3) is 19.2. The van der Waals surface area contributed by atoms with Crippen molar-refractivity contribution >= 4 is 33.9 Å². The van der Waals surface area contributed by atoms with Crippen molar-refractivity contribution in [3.8, 4) is 0 Å². The molecule has 0 aliphatic rings. The molecule has 130 valence electrons. The molecule has 6 nitrogen and oxygen atoms in total. The molecule has 0 aliphatic carbocycles. The van der Waals surface area contributed by atoms with Crippen LogP contribution in [-0.2, 0) is 9.47 Å². The van der Waals surface area contributed by atoms with Crippen LogP contribution in [0.4, 0.5) is 9.59 Å². The summed E-state index contributed by atoms with van der Waals surface area (Å²) in [5.74, 6) is 2.24. The molecule has 0 amide bonds. The second-order valence-electron chi connectivity index (χ2n) is 4.70. The molecule has 0 fully saturated rings. The summed E-state index contributed by atoms with van der Waals surface area (Å²) >= 11 is 0. The molecule has 0 aromatic heterocycles. The van der Waals surface area contributed by atoms with Crippen LogP contribution in [0.1, 0.15) is 51.4 Å². The summed E-state index contributed by atoms with van der Waals surface area (Å²) in [6.45, 7) is 0.601. The monoisotopic (exact) mass is 354 g/mol. The van der Waals surface area contributed by atoms with Crippen molar-refractivity contribution < 1.29 is 29.3 Å². The van der Waals surface area contributed by atoms with Crippen molar-refractivity contribution in [2.45, 2.75) is 51.4 Å². The maximum Gasteiger partial charge on any atom is 0.505 e. The number of carboxylic acid groups (broad SMARTS) is 2. The zero-order valence-electron chi connectivity index (χ0n) is 12.8. The van der Waals surface area contributed by atoms with Crippen molar-refractivity contribution in [2.24, 2.45) is 0 Å². The van der Waals surface area contributed by atoms with Gasteiger partial charge in [0.1, 0.15) is 0 Å². The minimum Gasteiger partial charge on any atom is -0.450 e. The van der Waals surface area contributed by atoms with Crippen LogP contribution in [0.15, 0.2) is 0 Å². The Bertz CT molecular complexity index is 261. The summed E-state index contributed by atoms with van der Waals surface area (Å²) in [5.41, 5.74) is 0. The summed E-state index contributed by atoms with van der Waals surface area (Å²) in [7, 11) is 3.77. The third-order valence-electron chi connectivity index (χ3n) is 2.78. The molecule has 0 radical (unpaired) electrons. The lowest BCUT2D eigenvalue weighted by molar-refractivity contribution is 0.0887. The van der Waals surface area contributed by atoms with Gasteiger partial charge in [-0.1, -0.05) is 47.3 Å². The lowest BCUT2D eigenvalue weighted by atomic mass is 10.2. The van der Waals surface area contributed by atoms with Crippen molar-refractivity contribution in [2.75, 3.05) is 24.7 Å². The van der Waals surface area contributed by atoms with Crippen LogP contribution in [0.25, 0.3) is 0 Å². The van der Waals surface area contributed by atoms with Gasteiger partial charge in [-0.25, -0.2) is 9.59 Å². The Morgan fingerprint density at radius 1 is 0.636 bits per heavy atom. The zero-order chi connectivity index (χ0) is 16.5. The minimum atomic E-state index is -1.19. The van der Waals surface area contributed by atoms with Crippen LogP contribution in [0, 0.1) is 0 Å². The van der Waals surface area contributed by atoms with Gasteiger partial charge in [0.05, 0.1) is 13.2 Å². The SMILES string of the molecule is O=C(O)OCCCCCCSSCCCCCCOC(=O)O. The van der Waals surface area contributed by atoms with Gasteiger partial charge in [0.2, 0.25) is 0 Å². The first-order valence-electron chi connectivity index (χ1n) is 7.59. The molecule has 22 heavy (non-hydrogen) atoms. The number of hydrogen-bond donors (Lipinski definition) is 2. The number of ether oxygens (including phenoxy) is 2. The molecule has 0 saturated heterocycles. The lowest BCUT2D eigenvalue weighted by Gasteiger charge is -2.03. The van der Waals surface area contributed by atoms with Gasteiger partial charge < -0.3 is 19.7 Å². The first-order chi connectivity index (χ1) is 10.6. The second-order valence-corrected chi connectivity index (χ2v) is 7.40. The maximum absolute atomic E-state index is 10.1. The number of rotatable bonds is 15. The van der Waals surface area contributed by atoms with Gasteiger partial charge in [0.25, 0.3) is 0 Å². The van der Waals surface area contributed by atoms with Crippen molar-refractivity contribution in [1.82, 2.24) is 0 Å². The quantitative estimate of drug-likeness (QED) is 0.244. The van der Waals surface area contributed by atoms with E-state index in [0.29, 0.717) is 13.2 Å². The van der Waals surface area contributed by atoms with Crippen molar-refractivity contribution in [3.05, 3.63) is 0 Å². The Morgan fingerprint density at radius 3 is 1.36 bits per heavy atom. The third-order valence-corrected chi connectivity index (χ3v) is 5.36. The molecule has 0 aliphatic heterocycles. The highest BCUT2D eigenvalue weighted by atomic mass is 33.1. The van der Waals surface area contributed by atoms with Gasteiger partial charge in [0.15, 0.2) is 0 Å². The summed E-state index contributed by atoms with van der Waals surface area (Å²) < 4.78 is 8.86. The first-order valence-corrected chi connectivity index (χ1v) is 10.1. The predicted molar refractivity (Wildman–Crippen MR) is 89.8 cm³/mol. The number of unbranched alkanes of at least 4 members (excludes halogenated alkanes) is 6. The van der Waals surface area contributed by atoms with Crippen LogP contribution in [0.5, 0.6) is 0 Å². The van der Waals surface area contributed by atoms with E-state index in [9.17, 15) is 9.59 Å². The van der Waals surface area contributed by atoms with E-state index in [0.717, 1.165) is 62.9 Å². The molecular formula is C14H26O6S2. The van der Waals surface area contributed by atoms with Crippen LogP contribution < -0.4 is 0 Å². The summed E-state index contributed by atoms with van der Waals surface area (Å²) in [4.78, 5) is 20.2. The highest BCUT2D eigenvalue weighted by molar-refractivity contribution is 8.76. The number of hydrogen-bond acceptors (Lipinski definition) is 6. The summed E-state index contributed by atoms with van der Waals surface area (Å²) in [6.07, 6.45) is 5.76. The van der Waals surface area contributed by atoms with Gasteiger partial charge >= 0.3 is 12.3 Å². The fourth-order valence-electron chi connectivity index (χ4n) is 1.67. The first kappa shape index (κ1) is 21.2. The Kier molecular flexibility index (Phi) is 16.0. The maximum atomic E-state index is 10.1. The Labute approximate surface area is 139 Å². The van der Waals surface area contributed by atoms with Crippen molar-refractivity contribution in [3.63, 3.8) is 0 Å². The molecule has 2 N–H and O–H groups in total. The molecule has 0 bridgehead atoms. The molecule has 0 aromatic carbocycles. The molecule has 0 saturated carbocycles. The summed E-state index contributed by atoms with van der Waals surface area (Å²) in [5, 5.41) is 16.6. The Balaban J connectivity index is 2.99. The van der Waals surface area contributed by atoms with E-state index >= 15 is 0 Å². The van der Waals surface area contributed by atoms with Crippen molar-refractivity contribution in [1.29, 1.82) is 0 Å². The van der Waals surface area contributed by atoms with Gasteiger partial charge in [-0.2, -0.15) is 0 Å². The summed E-state index contributed by atoms with van der Waals surface area (Å²) in [6, 6.07) is 0. The molecule has 0 unspecified atom stereocenters. The molecule has 0 rings (SSSR count). The zero-order valence-corrected chi connectivity index (χ0v) is 14.5. The highest BCUT2D eigenvalue weighted by Crippen LogP contribution is 2.24. The lowest BCUT2D eigenvalue weighted by Crippen LogP contribution is -2.01. The second kappa shape index (κ2) is 16.6. The van der Waals surface area contributed by atoms with E-state index in [1.807, 2.05) is 21.6 Å². The fraction of sp³-hybridized carbons (Fsp3) is 0.857. The molecule has 0 heterocycles. The van der Waals surface area contributed by atoms with Crippen LogP contribution in [0.3, 0.4) is 0 Å². The fourth-order valence-corrected chi connectivity index (χ4v) is 3.96. The van der Waals surface area contributed by atoms with Crippen LogP contribution in [0.2, 0.25) is 0 Å². The minimum absolute atomic E-state index is 0.300. The predicted octanol–water partition coefficient (Wildman–Crippen LogP) is 4.88. The standard InChI is InChI=1S/C14H26O6S2/c15-13(16)19-9-5-1-3-7-11-21-22-12-8-4-2-6-10-20-14(17)18/h1-12H2,(H,15,16)(H,17,18). The molecular weight excluding hydrogens is 328 g/mol. The van der Waals surface area contributed by atoms with Gasteiger partial charge in [0, 0.05) is 11.5 Å². The topological polar surface area (TPSA) is 93.1 Å². The average molecular weight is 354 g/mol. The normalized spacial score (nSPS) is 10.4. The van der Waals surface area contributed by atoms with Gasteiger partial charge in [-0.15, -0.1) is 0 Å². The van der Waals surface area contributed by atoms with E-state index in [1.165, 1.54) is 0 Å². The Hall–Kier alpha value is -0.760.